The number of nitrogens with two attached hydrogens (primary N) is 1. The van der Waals surface area contributed by atoms with Gasteiger partial charge in [-0.25, -0.2) is 0 Å². The van der Waals surface area contributed by atoms with Crippen LogP contribution in [-0.4, -0.2) is 17.0 Å². The Balaban J connectivity index is 0. The average Bonchev–Trinajstić information content (AvgIpc) is 2.04. The summed E-state index contributed by atoms with van der Waals surface area (Å²) in [5.74, 6) is -1.30. The molecule has 0 aliphatic heterocycles. The van der Waals surface area contributed by atoms with Crippen molar-refractivity contribution in [3.05, 3.63) is 12.7 Å². The molecule has 0 saturated carbocycles. The molecular formula is C5H9NO3. The fourth-order valence-corrected chi connectivity index (χ4v) is 0. The normalized spacial score (nSPS) is 10.1. The Hall–Kier alpha value is -1.32. The molecule has 0 aliphatic rings. The summed E-state index contributed by atoms with van der Waals surface area (Å²) in [7, 11) is 0. The smallest absolute Gasteiger partial charge is 0.300 e. The van der Waals surface area contributed by atoms with E-state index < -0.39 is 11.9 Å². The summed E-state index contributed by atoms with van der Waals surface area (Å²) in [5.41, 5.74) is -0.0347. The second kappa shape index (κ2) is 6.68. The van der Waals surface area contributed by atoms with E-state index >= 15 is 0 Å². The molecule has 52 valence electrons. The molecule has 9 heavy (non-hydrogen) atoms. The molecule has 0 heterocycles. The van der Waals surface area contributed by atoms with Gasteiger partial charge < -0.3 is 10.8 Å². The van der Waals surface area contributed by atoms with E-state index in [2.05, 4.69) is 11.7 Å². The molecule has 1 amide bonds. The number of hydrogen-bond acceptors (Lipinski definition) is 3. The van der Waals surface area contributed by atoms with Crippen LogP contribution < -0.4 is 5.72 Å². The maximum absolute atomic E-state index is 9.94. The van der Waals surface area contributed by atoms with Gasteiger partial charge in [-0.1, -0.05) is 6.58 Å². The number of hydrogen-bond donors (Lipinski definition) is 2. The molecule has 0 aromatic carbocycles. The molecule has 0 saturated heterocycles. The number of aliphatic carboxylic acids is 1. The van der Waals surface area contributed by atoms with Gasteiger partial charge in [0.15, 0.2) is 2.82 Å². The van der Waals surface area contributed by atoms with Crippen molar-refractivity contribution < 1.29 is 17.5 Å². The highest BCUT2D eigenvalue weighted by atomic mass is 16.4. The minimum absolute atomic E-state index is 0.0347. The molecule has 3 N–H and O–H groups in total. The van der Waals surface area contributed by atoms with Crippen LogP contribution in [0.4, 0.5) is 0 Å². The Bertz CT molecular complexity index is 171. The Kier molecular flexibility index (Phi) is 3.38. The first kappa shape index (κ1) is 4.55. The van der Waals surface area contributed by atoms with Gasteiger partial charge >= 0.3 is 0 Å². The van der Waals surface area contributed by atoms with Crippen molar-refractivity contribution in [3.8, 4) is 0 Å². The predicted octanol–water partition coefficient (Wildman–Crippen LogP) is -0.251. The van der Waals surface area contributed by atoms with Crippen molar-refractivity contribution in [1.82, 2.24) is 0 Å². The monoisotopic (exact) mass is 134 g/mol. The Morgan fingerprint density at radius 1 is 2.00 bits per heavy atom. The standard InChI is InChI=1S/C3H5NO.C2H4O2/c1-2-3(4)5;1-2(3)4/h2H,1H2,(H2,4,5);1H3,(H,3,4)/i/hD3. The lowest BCUT2D eigenvalue weighted by molar-refractivity contribution is -0.134. The van der Waals surface area contributed by atoms with Gasteiger partial charge in [0.25, 0.3) is 7.40 Å². The van der Waals surface area contributed by atoms with Crippen molar-refractivity contribution in [2.24, 2.45) is 5.72 Å². The third kappa shape index (κ3) is 316. The van der Waals surface area contributed by atoms with E-state index in [1.165, 1.54) is 6.92 Å². The van der Waals surface area contributed by atoms with Crippen LogP contribution in [0.5, 0.6) is 0 Å². The number of rotatable bonds is 1. The highest BCUT2D eigenvalue weighted by molar-refractivity contribution is 5.84. The van der Waals surface area contributed by atoms with Gasteiger partial charge in [-0.2, -0.15) is 0 Å². The lowest BCUT2D eigenvalue weighted by atomic mass is 10.6. The third-order valence-corrected chi connectivity index (χ3v) is 0.175. The van der Waals surface area contributed by atoms with E-state index in [0.717, 1.165) is 6.08 Å². The predicted molar refractivity (Wildman–Crippen MR) is 32.7 cm³/mol. The van der Waals surface area contributed by atoms with Crippen molar-refractivity contribution >= 4 is 11.9 Å². The van der Waals surface area contributed by atoms with Crippen LogP contribution in [0.15, 0.2) is 12.7 Å². The molecule has 0 atom stereocenters. The van der Waals surface area contributed by atoms with E-state index in [4.69, 9.17) is 4.25 Å². The van der Waals surface area contributed by atoms with Gasteiger partial charge in [0.2, 0.25) is 5.91 Å². The van der Waals surface area contributed by atoms with Gasteiger partial charge in [0.05, 0.1) is 0 Å². The zero-order valence-corrected chi connectivity index (χ0v) is 4.96. The number of amides is 1. The number of carboxylic acids is 1. The van der Waals surface area contributed by atoms with Crippen LogP contribution in [0.2, 0.25) is 2.82 Å². The first-order chi connectivity index (χ1) is 5.45. The van der Waals surface area contributed by atoms with Crippen molar-refractivity contribution in [1.29, 1.82) is 1.43 Å². The largest absolute Gasteiger partial charge is 0.481 e. The molecule has 0 radical (unpaired) electrons. The summed E-state index contributed by atoms with van der Waals surface area (Å²) >= 11 is 0. The summed E-state index contributed by atoms with van der Waals surface area (Å²) in [4.78, 5) is 19.3. The summed E-state index contributed by atoms with van der Waals surface area (Å²) < 4.78 is 18.3. The molecule has 0 aromatic heterocycles. The van der Waals surface area contributed by atoms with Crippen LogP contribution >= 0.6 is 0 Å². The van der Waals surface area contributed by atoms with E-state index in [-0.39, 0.29) is 5.72 Å². The number of carbonyl (C=O) groups is 2. The molecule has 0 bridgehead atoms. The van der Waals surface area contributed by atoms with E-state index in [1.807, 2.05) is 0 Å². The van der Waals surface area contributed by atoms with Crippen LogP contribution in [0.25, 0.3) is 1.43 Å². The first-order valence-corrected chi connectivity index (χ1v) is 2.03. The first-order valence-electron chi connectivity index (χ1n) is 3.34. The van der Waals surface area contributed by atoms with Crippen molar-refractivity contribution in [2.45, 2.75) is 6.92 Å². The van der Waals surface area contributed by atoms with E-state index in [9.17, 15) is 9.59 Å². The van der Waals surface area contributed by atoms with Crippen LogP contribution in [0, 0.1) is 0 Å². The summed E-state index contributed by atoms with van der Waals surface area (Å²) in [6, 6.07) is 0. The fraction of sp³-hybridized carbons (Fsp3) is 0.200. The van der Waals surface area contributed by atoms with E-state index in [0.29, 0.717) is 0 Å². The zero-order chi connectivity index (χ0) is 10.1. The second-order valence-electron chi connectivity index (χ2n) is 1.03. The minimum Gasteiger partial charge on any atom is -0.481 e. The maximum Gasteiger partial charge on any atom is 0.300 e. The summed E-state index contributed by atoms with van der Waals surface area (Å²) in [6.07, 6.45) is 0.903. The van der Waals surface area contributed by atoms with Gasteiger partial charge in [-0.15, -0.1) is 0 Å². The lowest BCUT2D eigenvalue weighted by Gasteiger charge is -1.65. The summed E-state index contributed by atoms with van der Waals surface area (Å²) in [5, 5.41) is 3.36. The summed E-state index contributed by atoms with van der Waals surface area (Å²) in [6.45, 7) is 4.22. The minimum atomic E-state index is -0.722. The SMILES string of the molecule is [2H]N([2H])C(=O)C=C.[2H]OC(C)=O. The van der Waals surface area contributed by atoms with Crippen molar-refractivity contribution in [2.75, 3.05) is 0 Å². The van der Waals surface area contributed by atoms with Crippen molar-refractivity contribution in [3.63, 3.8) is 0 Å². The van der Waals surface area contributed by atoms with Gasteiger partial charge in [0, 0.05) is 6.92 Å². The molecule has 0 rings (SSSR count). The Morgan fingerprint density at radius 3 is 2.44 bits per heavy atom. The molecular weight excluding hydrogens is 122 g/mol. The number of carbonyl (C=O) groups excluding carboxylic acids is 1. The van der Waals surface area contributed by atoms with E-state index in [1.54, 1.807) is 0 Å². The van der Waals surface area contributed by atoms with Gasteiger partial charge in [-0.3, -0.25) is 9.59 Å². The molecule has 0 unspecified atom stereocenters. The highest BCUT2D eigenvalue weighted by Gasteiger charge is 1.69. The molecule has 0 aromatic rings. The fourth-order valence-electron chi connectivity index (χ4n) is 0. The molecule has 4 heteroatoms. The van der Waals surface area contributed by atoms with Crippen LogP contribution in [0.1, 0.15) is 6.92 Å². The third-order valence-electron chi connectivity index (χ3n) is 0.175. The number of primary amides is 1. The Morgan fingerprint density at radius 2 is 2.44 bits per heavy atom. The average molecular weight is 134 g/mol. The second-order valence-corrected chi connectivity index (χ2v) is 1.03. The van der Waals surface area contributed by atoms with Crippen LogP contribution in [-0.2, 0) is 9.59 Å². The zero-order valence-electron chi connectivity index (χ0n) is 7.96. The molecule has 4 nitrogen and oxygen atoms in total. The topological polar surface area (TPSA) is 80.4 Å². The lowest BCUT2D eigenvalue weighted by Crippen LogP contribution is -2.04. The molecule has 0 aliphatic carbocycles. The molecule has 0 spiro atoms. The quantitative estimate of drug-likeness (QED) is 0.485. The molecule has 0 fully saturated rings. The number of carboxylic acid groups (broad SMARTS) is 1. The van der Waals surface area contributed by atoms with Crippen LogP contribution in [0.3, 0.4) is 0 Å². The highest BCUT2D eigenvalue weighted by Crippen LogP contribution is 1.48. The van der Waals surface area contributed by atoms with Gasteiger partial charge in [0.1, 0.15) is 0 Å². The Labute approximate surface area is 57.4 Å². The van der Waals surface area contributed by atoms with Gasteiger partial charge in [-0.05, 0) is 6.08 Å². The maximum atomic E-state index is 9.94.